The molecule has 0 aromatic carbocycles. The number of rotatable bonds is 5. The quantitative estimate of drug-likeness (QED) is 0.509. The molecule has 1 aromatic rings. The third kappa shape index (κ3) is 2.56. The van der Waals surface area contributed by atoms with E-state index in [0.29, 0.717) is 6.42 Å². The summed E-state index contributed by atoms with van der Waals surface area (Å²) in [6.45, 7) is 0.110. The van der Waals surface area contributed by atoms with Gasteiger partial charge in [0.05, 0.1) is 12.6 Å². The van der Waals surface area contributed by atoms with Crippen molar-refractivity contribution in [3.05, 3.63) is 18.3 Å². The number of aliphatic hydroxyl groups is 2. The van der Waals surface area contributed by atoms with Gasteiger partial charge in [-0.2, -0.15) is 0 Å². The van der Waals surface area contributed by atoms with Crippen LogP contribution in [0.2, 0.25) is 0 Å². The standard InChI is InChI=1S/C8H14N2O2/c11-5-3-7(6-12)10-8-2-1-4-9-8/h1-2,4,7,9-12H,3,5-6H2. The third-order valence-corrected chi connectivity index (χ3v) is 1.66. The highest BCUT2D eigenvalue weighted by Gasteiger charge is 2.05. The van der Waals surface area contributed by atoms with Gasteiger partial charge < -0.3 is 20.5 Å². The average molecular weight is 170 g/mol. The lowest BCUT2D eigenvalue weighted by Crippen LogP contribution is -2.24. The molecule has 1 aromatic heterocycles. The Balaban J connectivity index is 2.37. The fourth-order valence-corrected chi connectivity index (χ4v) is 1.00. The predicted octanol–water partition coefficient (Wildman–Crippen LogP) is 0.170. The Bertz CT molecular complexity index is 199. The summed E-state index contributed by atoms with van der Waals surface area (Å²) in [5.41, 5.74) is 0. The summed E-state index contributed by atoms with van der Waals surface area (Å²) in [7, 11) is 0. The molecular weight excluding hydrogens is 156 g/mol. The van der Waals surface area contributed by atoms with Crippen molar-refractivity contribution in [1.29, 1.82) is 0 Å². The number of nitrogens with one attached hydrogen (secondary N) is 2. The first-order chi connectivity index (χ1) is 5.86. The SMILES string of the molecule is OCCC(CO)Nc1ccc[nH]1. The second kappa shape index (κ2) is 4.79. The average Bonchev–Trinajstić information content (AvgIpc) is 2.56. The van der Waals surface area contributed by atoms with Gasteiger partial charge in [-0.3, -0.25) is 0 Å². The summed E-state index contributed by atoms with van der Waals surface area (Å²) in [6.07, 6.45) is 2.35. The minimum Gasteiger partial charge on any atom is -0.396 e. The molecule has 0 aliphatic rings. The molecule has 0 aliphatic heterocycles. The van der Waals surface area contributed by atoms with Gasteiger partial charge in [0, 0.05) is 12.8 Å². The molecule has 1 atom stereocenters. The monoisotopic (exact) mass is 170 g/mol. The zero-order chi connectivity index (χ0) is 8.81. The lowest BCUT2D eigenvalue weighted by molar-refractivity contribution is 0.228. The molecule has 0 spiro atoms. The van der Waals surface area contributed by atoms with Crippen molar-refractivity contribution in [2.45, 2.75) is 12.5 Å². The minimum atomic E-state index is -0.0753. The first-order valence-corrected chi connectivity index (χ1v) is 3.98. The summed E-state index contributed by atoms with van der Waals surface area (Å²) in [5.74, 6) is 0.863. The molecule has 0 saturated heterocycles. The second-order valence-corrected chi connectivity index (χ2v) is 2.62. The molecule has 68 valence electrons. The van der Waals surface area contributed by atoms with Crippen molar-refractivity contribution in [3.8, 4) is 0 Å². The number of anilines is 1. The lowest BCUT2D eigenvalue weighted by Gasteiger charge is -2.14. The van der Waals surface area contributed by atoms with Crippen LogP contribution < -0.4 is 5.32 Å². The van der Waals surface area contributed by atoms with E-state index < -0.39 is 0 Å². The molecule has 0 saturated carbocycles. The molecule has 0 aliphatic carbocycles. The van der Waals surface area contributed by atoms with Crippen LogP contribution in [0.1, 0.15) is 6.42 Å². The van der Waals surface area contributed by atoms with E-state index in [1.165, 1.54) is 0 Å². The predicted molar refractivity (Wildman–Crippen MR) is 47.0 cm³/mol. The van der Waals surface area contributed by atoms with Gasteiger partial charge >= 0.3 is 0 Å². The smallest absolute Gasteiger partial charge is 0.103 e. The van der Waals surface area contributed by atoms with Crippen LogP contribution in [-0.4, -0.2) is 34.5 Å². The van der Waals surface area contributed by atoms with Crippen molar-refractivity contribution in [2.75, 3.05) is 18.5 Å². The number of aliphatic hydroxyl groups excluding tert-OH is 2. The van der Waals surface area contributed by atoms with Crippen LogP contribution in [0.3, 0.4) is 0 Å². The number of aromatic amines is 1. The fraction of sp³-hybridized carbons (Fsp3) is 0.500. The molecule has 4 heteroatoms. The normalized spacial score (nSPS) is 12.8. The molecule has 1 rings (SSSR count). The van der Waals surface area contributed by atoms with Crippen LogP contribution in [0.5, 0.6) is 0 Å². The lowest BCUT2D eigenvalue weighted by atomic mass is 10.2. The highest BCUT2D eigenvalue weighted by atomic mass is 16.3. The first kappa shape index (κ1) is 9.09. The maximum atomic E-state index is 8.87. The van der Waals surface area contributed by atoms with Crippen molar-refractivity contribution in [3.63, 3.8) is 0 Å². The maximum absolute atomic E-state index is 8.87. The molecule has 0 bridgehead atoms. The summed E-state index contributed by atoms with van der Waals surface area (Å²) in [4.78, 5) is 2.96. The van der Waals surface area contributed by atoms with Gasteiger partial charge in [0.1, 0.15) is 5.82 Å². The van der Waals surface area contributed by atoms with Gasteiger partial charge in [0.2, 0.25) is 0 Å². The largest absolute Gasteiger partial charge is 0.396 e. The number of hydrogen-bond donors (Lipinski definition) is 4. The Kier molecular flexibility index (Phi) is 3.63. The molecule has 0 fully saturated rings. The van der Waals surface area contributed by atoms with E-state index in [4.69, 9.17) is 10.2 Å². The zero-order valence-electron chi connectivity index (χ0n) is 6.83. The van der Waals surface area contributed by atoms with Gasteiger partial charge in [0.15, 0.2) is 0 Å². The van der Waals surface area contributed by atoms with Crippen molar-refractivity contribution in [1.82, 2.24) is 4.98 Å². The van der Waals surface area contributed by atoms with Gasteiger partial charge in [-0.1, -0.05) is 0 Å². The Morgan fingerprint density at radius 1 is 1.50 bits per heavy atom. The van der Waals surface area contributed by atoms with Gasteiger partial charge in [0.25, 0.3) is 0 Å². The fourth-order valence-electron chi connectivity index (χ4n) is 1.00. The number of H-pyrrole nitrogens is 1. The van der Waals surface area contributed by atoms with Crippen molar-refractivity contribution < 1.29 is 10.2 Å². The third-order valence-electron chi connectivity index (χ3n) is 1.66. The van der Waals surface area contributed by atoms with E-state index in [9.17, 15) is 0 Å². The molecule has 12 heavy (non-hydrogen) atoms. The molecule has 0 radical (unpaired) electrons. The van der Waals surface area contributed by atoms with Gasteiger partial charge in [-0.05, 0) is 18.6 Å². The van der Waals surface area contributed by atoms with Crippen LogP contribution in [0.15, 0.2) is 18.3 Å². The van der Waals surface area contributed by atoms with E-state index in [1.807, 2.05) is 12.1 Å². The van der Waals surface area contributed by atoms with Crippen LogP contribution in [0.4, 0.5) is 5.82 Å². The van der Waals surface area contributed by atoms with E-state index in [2.05, 4.69) is 10.3 Å². The topological polar surface area (TPSA) is 68.3 Å². The van der Waals surface area contributed by atoms with Crippen LogP contribution >= 0.6 is 0 Å². The summed E-state index contributed by atoms with van der Waals surface area (Å²) in [6, 6.07) is 3.67. The Labute approximate surface area is 71.2 Å². The molecule has 4 nitrogen and oxygen atoms in total. The van der Waals surface area contributed by atoms with Crippen LogP contribution in [0, 0.1) is 0 Å². The second-order valence-electron chi connectivity index (χ2n) is 2.62. The first-order valence-electron chi connectivity index (χ1n) is 3.98. The van der Waals surface area contributed by atoms with E-state index in [1.54, 1.807) is 6.20 Å². The van der Waals surface area contributed by atoms with Crippen molar-refractivity contribution >= 4 is 5.82 Å². The van der Waals surface area contributed by atoms with Crippen LogP contribution in [0.25, 0.3) is 0 Å². The highest BCUT2D eigenvalue weighted by molar-refractivity contribution is 5.35. The Morgan fingerprint density at radius 3 is 2.83 bits per heavy atom. The van der Waals surface area contributed by atoms with E-state index in [-0.39, 0.29) is 19.3 Å². The molecule has 1 heterocycles. The molecule has 4 N–H and O–H groups in total. The molecule has 1 unspecified atom stereocenters. The summed E-state index contributed by atoms with van der Waals surface area (Å²) < 4.78 is 0. The Hall–Kier alpha value is -1.00. The van der Waals surface area contributed by atoms with E-state index in [0.717, 1.165) is 5.82 Å². The molecule has 0 amide bonds. The van der Waals surface area contributed by atoms with Crippen molar-refractivity contribution in [2.24, 2.45) is 0 Å². The molecular formula is C8H14N2O2. The zero-order valence-corrected chi connectivity index (χ0v) is 6.83. The minimum absolute atomic E-state index is 0.0274. The summed E-state index contributed by atoms with van der Waals surface area (Å²) in [5, 5.41) is 20.5. The number of aromatic nitrogens is 1. The van der Waals surface area contributed by atoms with Gasteiger partial charge in [-0.25, -0.2) is 0 Å². The Morgan fingerprint density at radius 2 is 2.33 bits per heavy atom. The van der Waals surface area contributed by atoms with Crippen LogP contribution in [-0.2, 0) is 0 Å². The van der Waals surface area contributed by atoms with Gasteiger partial charge in [-0.15, -0.1) is 0 Å². The highest BCUT2D eigenvalue weighted by Crippen LogP contribution is 2.05. The van der Waals surface area contributed by atoms with E-state index >= 15 is 0 Å². The number of hydrogen-bond acceptors (Lipinski definition) is 3. The maximum Gasteiger partial charge on any atom is 0.103 e. The summed E-state index contributed by atoms with van der Waals surface area (Å²) >= 11 is 0.